The smallest absolute Gasteiger partial charge is 0.182 e. The Hall–Kier alpha value is -2.60. The molecule has 0 bridgehead atoms. The van der Waals surface area contributed by atoms with Crippen molar-refractivity contribution >= 4 is 34.9 Å². The third-order valence-electron chi connectivity index (χ3n) is 3.13. The zero-order chi connectivity index (χ0) is 15.0. The summed E-state index contributed by atoms with van der Waals surface area (Å²) in [5, 5.41) is 18.4. The molecule has 0 spiro atoms. The number of rotatable bonds is 1. The highest BCUT2D eigenvalue weighted by Gasteiger charge is 2.11. The standard InChI is InChI=1S/C15H7ClN4S/c16-11-5-9(7-17)2-4-13(11)20-14-6-10(8-18)1-3-12(14)19-15(20)21/h1-6H,(H,19,21). The molecule has 1 heterocycles. The van der Waals surface area contributed by atoms with Gasteiger partial charge in [0.2, 0.25) is 0 Å². The van der Waals surface area contributed by atoms with Crippen LogP contribution in [0.1, 0.15) is 11.1 Å². The summed E-state index contributed by atoms with van der Waals surface area (Å²) >= 11 is 11.6. The van der Waals surface area contributed by atoms with Crippen LogP contribution in [-0.2, 0) is 0 Å². The van der Waals surface area contributed by atoms with E-state index in [1.165, 1.54) is 0 Å². The van der Waals surface area contributed by atoms with Gasteiger partial charge in [-0.1, -0.05) is 11.6 Å². The van der Waals surface area contributed by atoms with Gasteiger partial charge >= 0.3 is 0 Å². The molecular formula is C15H7ClN4S. The molecule has 1 aromatic heterocycles. The summed E-state index contributed by atoms with van der Waals surface area (Å²) in [5.74, 6) is 0. The van der Waals surface area contributed by atoms with E-state index in [2.05, 4.69) is 11.1 Å². The number of nitrogens with zero attached hydrogens (tertiary/aromatic N) is 3. The van der Waals surface area contributed by atoms with Gasteiger partial charge in [0.25, 0.3) is 0 Å². The maximum Gasteiger partial charge on any atom is 0.182 e. The van der Waals surface area contributed by atoms with E-state index in [-0.39, 0.29) is 0 Å². The highest BCUT2D eigenvalue weighted by atomic mass is 35.5. The fourth-order valence-electron chi connectivity index (χ4n) is 2.17. The zero-order valence-electron chi connectivity index (χ0n) is 10.6. The highest BCUT2D eigenvalue weighted by molar-refractivity contribution is 7.71. The van der Waals surface area contributed by atoms with Gasteiger partial charge in [-0.15, -0.1) is 0 Å². The zero-order valence-corrected chi connectivity index (χ0v) is 12.2. The van der Waals surface area contributed by atoms with Crippen LogP contribution >= 0.6 is 23.8 Å². The Morgan fingerprint density at radius 1 is 1.05 bits per heavy atom. The molecule has 0 amide bonds. The monoisotopic (exact) mass is 310 g/mol. The van der Waals surface area contributed by atoms with Gasteiger partial charge in [-0.3, -0.25) is 4.57 Å². The lowest BCUT2D eigenvalue weighted by atomic mass is 10.2. The number of benzene rings is 2. The molecule has 0 unspecified atom stereocenters. The predicted molar refractivity (Wildman–Crippen MR) is 82.9 cm³/mol. The molecule has 0 saturated heterocycles. The van der Waals surface area contributed by atoms with Gasteiger partial charge in [-0.05, 0) is 48.6 Å². The Morgan fingerprint density at radius 2 is 1.71 bits per heavy atom. The molecule has 3 rings (SSSR count). The third-order valence-corrected chi connectivity index (χ3v) is 3.72. The van der Waals surface area contributed by atoms with Gasteiger partial charge in [0.1, 0.15) is 0 Å². The normalized spacial score (nSPS) is 10.2. The molecule has 0 aliphatic heterocycles. The molecule has 0 saturated carbocycles. The minimum atomic E-state index is 0.424. The summed E-state index contributed by atoms with van der Waals surface area (Å²) in [6.07, 6.45) is 0. The molecule has 0 aliphatic rings. The van der Waals surface area contributed by atoms with E-state index in [1.807, 2.05) is 6.07 Å². The number of aromatic amines is 1. The maximum atomic E-state index is 9.03. The summed E-state index contributed by atoms with van der Waals surface area (Å²) in [4.78, 5) is 3.08. The van der Waals surface area contributed by atoms with Gasteiger partial charge < -0.3 is 4.98 Å². The van der Waals surface area contributed by atoms with Crippen molar-refractivity contribution in [2.45, 2.75) is 0 Å². The SMILES string of the molecule is N#Cc1ccc(-n2c(=S)[nH]c3ccc(C#N)cc32)c(Cl)c1. The number of aromatic nitrogens is 2. The molecule has 0 fully saturated rings. The summed E-state index contributed by atoms with van der Waals surface area (Å²) in [7, 11) is 0. The topological polar surface area (TPSA) is 68.3 Å². The Morgan fingerprint density at radius 3 is 2.38 bits per heavy atom. The van der Waals surface area contributed by atoms with Crippen molar-refractivity contribution in [1.29, 1.82) is 10.5 Å². The molecular weight excluding hydrogens is 304 g/mol. The maximum absolute atomic E-state index is 9.03. The lowest BCUT2D eigenvalue weighted by Crippen LogP contribution is -1.96. The van der Waals surface area contributed by atoms with E-state index in [4.69, 9.17) is 34.3 Å². The fraction of sp³-hybridized carbons (Fsp3) is 0. The second-order valence-corrected chi connectivity index (χ2v) is 5.18. The van der Waals surface area contributed by atoms with Crippen LogP contribution in [0.3, 0.4) is 0 Å². The van der Waals surface area contributed by atoms with Crippen LogP contribution in [0.2, 0.25) is 5.02 Å². The predicted octanol–water partition coefficient (Wildman–Crippen LogP) is 4.08. The number of halogens is 1. The Kier molecular flexibility index (Phi) is 3.23. The average molecular weight is 311 g/mol. The van der Waals surface area contributed by atoms with Crippen molar-refractivity contribution in [2.24, 2.45) is 0 Å². The van der Waals surface area contributed by atoms with Gasteiger partial charge in [0.05, 0.1) is 45.0 Å². The number of imidazole rings is 1. The van der Waals surface area contributed by atoms with E-state index >= 15 is 0 Å². The molecule has 0 radical (unpaired) electrons. The summed E-state index contributed by atoms with van der Waals surface area (Å²) in [6, 6.07) is 14.4. The third kappa shape index (κ3) is 2.19. The number of nitrogens with one attached hydrogen (secondary N) is 1. The first-order valence-electron chi connectivity index (χ1n) is 5.99. The van der Waals surface area contributed by atoms with Crippen molar-refractivity contribution < 1.29 is 0 Å². The Labute approximate surface area is 130 Å². The number of hydrogen-bond donors (Lipinski definition) is 1. The van der Waals surface area contributed by atoms with E-state index in [9.17, 15) is 0 Å². The van der Waals surface area contributed by atoms with Crippen LogP contribution in [0.25, 0.3) is 16.7 Å². The first-order valence-corrected chi connectivity index (χ1v) is 6.77. The molecule has 3 aromatic rings. The molecule has 4 nitrogen and oxygen atoms in total. The summed E-state index contributed by atoms with van der Waals surface area (Å²) in [6.45, 7) is 0. The van der Waals surface area contributed by atoms with Gasteiger partial charge in [0, 0.05) is 0 Å². The van der Waals surface area contributed by atoms with E-state index in [0.29, 0.717) is 26.6 Å². The van der Waals surface area contributed by atoms with Gasteiger partial charge in [-0.2, -0.15) is 10.5 Å². The van der Waals surface area contributed by atoms with E-state index in [1.54, 1.807) is 41.0 Å². The van der Waals surface area contributed by atoms with Crippen LogP contribution < -0.4 is 0 Å². The fourth-order valence-corrected chi connectivity index (χ4v) is 2.74. The molecule has 1 N–H and O–H groups in total. The van der Waals surface area contributed by atoms with Gasteiger partial charge in [0.15, 0.2) is 4.77 Å². The Bertz CT molecular complexity index is 1000. The van der Waals surface area contributed by atoms with E-state index < -0.39 is 0 Å². The minimum Gasteiger partial charge on any atom is -0.330 e. The lowest BCUT2D eigenvalue weighted by molar-refractivity contribution is 1.06. The number of H-pyrrole nitrogens is 1. The van der Waals surface area contributed by atoms with Crippen LogP contribution in [-0.4, -0.2) is 9.55 Å². The number of nitriles is 2. The first kappa shape index (κ1) is 13.4. The quantitative estimate of drug-likeness (QED) is 0.688. The van der Waals surface area contributed by atoms with Crippen LogP contribution in [0.15, 0.2) is 36.4 Å². The van der Waals surface area contributed by atoms with E-state index in [0.717, 1.165) is 11.0 Å². The highest BCUT2D eigenvalue weighted by Crippen LogP contribution is 2.27. The van der Waals surface area contributed by atoms with Crippen molar-refractivity contribution in [3.05, 3.63) is 57.3 Å². The largest absolute Gasteiger partial charge is 0.330 e. The molecule has 100 valence electrons. The lowest BCUT2D eigenvalue weighted by Gasteiger charge is -2.07. The molecule has 2 aromatic carbocycles. The van der Waals surface area contributed by atoms with Crippen molar-refractivity contribution in [3.63, 3.8) is 0 Å². The molecule has 6 heteroatoms. The van der Waals surface area contributed by atoms with Gasteiger partial charge in [-0.25, -0.2) is 0 Å². The van der Waals surface area contributed by atoms with Crippen LogP contribution in [0, 0.1) is 27.4 Å². The van der Waals surface area contributed by atoms with Crippen LogP contribution in [0.5, 0.6) is 0 Å². The molecule has 0 atom stereocenters. The minimum absolute atomic E-state index is 0.424. The van der Waals surface area contributed by atoms with Crippen molar-refractivity contribution in [3.8, 4) is 17.8 Å². The number of fused-ring (bicyclic) bond motifs is 1. The van der Waals surface area contributed by atoms with Crippen LogP contribution in [0.4, 0.5) is 0 Å². The second-order valence-electron chi connectivity index (χ2n) is 4.39. The average Bonchev–Trinajstić information content (AvgIpc) is 2.82. The molecule has 21 heavy (non-hydrogen) atoms. The molecule has 0 aliphatic carbocycles. The van der Waals surface area contributed by atoms with Crippen molar-refractivity contribution in [2.75, 3.05) is 0 Å². The van der Waals surface area contributed by atoms with Crippen molar-refractivity contribution in [1.82, 2.24) is 9.55 Å². The number of hydrogen-bond acceptors (Lipinski definition) is 3. The first-order chi connectivity index (χ1) is 10.1. The summed E-state index contributed by atoms with van der Waals surface area (Å²) < 4.78 is 2.24. The second kappa shape index (κ2) is 5.06. The summed E-state index contributed by atoms with van der Waals surface area (Å²) in [5.41, 5.74) is 3.27. The Balaban J connectivity index is 2.35.